The lowest BCUT2D eigenvalue weighted by Gasteiger charge is -2.24. The zero-order valence-electron chi connectivity index (χ0n) is 11.9. The van der Waals surface area contributed by atoms with Crippen molar-refractivity contribution in [3.63, 3.8) is 0 Å². The molecule has 0 saturated carbocycles. The Labute approximate surface area is 119 Å². The Kier molecular flexibility index (Phi) is 5.95. The first-order valence-electron chi connectivity index (χ1n) is 6.71. The van der Waals surface area contributed by atoms with Crippen LogP contribution in [0.1, 0.15) is 37.8 Å². The minimum absolute atomic E-state index is 0.241. The Hall–Kier alpha value is -2.12. The lowest BCUT2D eigenvalue weighted by Crippen LogP contribution is -2.41. The van der Waals surface area contributed by atoms with Gasteiger partial charge in [0.15, 0.2) is 0 Å². The lowest BCUT2D eigenvalue weighted by molar-refractivity contribution is -0.117. The highest BCUT2D eigenvalue weighted by Gasteiger charge is 2.22. The summed E-state index contributed by atoms with van der Waals surface area (Å²) in [4.78, 5) is 11.7. The van der Waals surface area contributed by atoms with E-state index in [0.717, 1.165) is 5.56 Å². The quantitative estimate of drug-likeness (QED) is 0.780. The number of carbonyl (C=O) groups excluding carboxylic acids is 1. The average molecular weight is 272 g/mol. The van der Waals surface area contributed by atoms with Crippen molar-refractivity contribution >= 4 is 12.0 Å². The fraction of sp³-hybridized carbons (Fsp3) is 0.375. The van der Waals surface area contributed by atoms with Crippen LogP contribution in [-0.4, -0.2) is 23.2 Å². The number of rotatable bonds is 6. The molecule has 0 unspecified atom stereocenters. The molecular weight excluding hydrogens is 252 g/mol. The van der Waals surface area contributed by atoms with Gasteiger partial charge in [0.1, 0.15) is 0 Å². The van der Waals surface area contributed by atoms with Gasteiger partial charge in [0.25, 0.3) is 0 Å². The van der Waals surface area contributed by atoms with Gasteiger partial charge in [-0.1, -0.05) is 26.0 Å². The Morgan fingerprint density at radius 2 is 1.95 bits per heavy atom. The van der Waals surface area contributed by atoms with Gasteiger partial charge < -0.3 is 10.4 Å². The predicted octanol–water partition coefficient (Wildman–Crippen LogP) is 2.24. The summed E-state index contributed by atoms with van der Waals surface area (Å²) in [6.45, 7) is 4.03. The molecule has 0 bridgehead atoms. The van der Waals surface area contributed by atoms with Crippen molar-refractivity contribution in [3.8, 4) is 6.07 Å². The Morgan fingerprint density at radius 3 is 2.45 bits per heavy atom. The van der Waals surface area contributed by atoms with E-state index in [2.05, 4.69) is 5.32 Å². The molecule has 4 nitrogen and oxygen atoms in total. The maximum Gasteiger partial charge on any atom is 0.244 e. The van der Waals surface area contributed by atoms with E-state index in [1.807, 2.05) is 19.9 Å². The van der Waals surface area contributed by atoms with Gasteiger partial charge in [-0.3, -0.25) is 4.79 Å². The SMILES string of the molecule is CCC(O)(CC)CNC(=O)C=Cc1ccc(C#N)cc1. The predicted molar refractivity (Wildman–Crippen MR) is 78.7 cm³/mol. The van der Waals surface area contributed by atoms with E-state index < -0.39 is 5.60 Å². The van der Waals surface area contributed by atoms with Crippen molar-refractivity contribution in [1.29, 1.82) is 5.26 Å². The van der Waals surface area contributed by atoms with Crippen LogP contribution in [0.5, 0.6) is 0 Å². The van der Waals surface area contributed by atoms with Crippen LogP contribution in [0.25, 0.3) is 6.08 Å². The molecule has 0 saturated heterocycles. The minimum atomic E-state index is -0.835. The van der Waals surface area contributed by atoms with E-state index in [-0.39, 0.29) is 12.5 Å². The van der Waals surface area contributed by atoms with E-state index in [1.54, 1.807) is 30.3 Å². The first kappa shape index (κ1) is 15.9. The summed E-state index contributed by atoms with van der Waals surface area (Å²) in [7, 11) is 0. The van der Waals surface area contributed by atoms with Gasteiger partial charge in [0.05, 0.1) is 17.2 Å². The zero-order chi connectivity index (χ0) is 15.0. The number of benzene rings is 1. The van der Waals surface area contributed by atoms with Crippen LogP contribution in [0.15, 0.2) is 30.3 Å². The van der Waals surface area contributed by atoms with E-state index in [1.165, 1.54) is 6.08 Å². The number of amides is 1. The lowest BCUT2D eigenvalue weighted by atomic mass is 9.98. The Morgan fingerprint density at radius 1 is 1.35 bits per heavy atom. The summed E-state index contributed by atoms with van der Waals surface area (Å²) < 4.78 is 0. The molecule has 2 N–H and O–H groups in total. The van der Waals surface area contributed by atoms with Gasteiger partial charge >= 0.3 is 0 Å². The number of carbonyl (C=O) groups is 1. The number of hydrogen-bond donors (Lipinski definition) is 2. The molecule has 0 aliphatic rings. The van der Waals surface area contributed by atoms with Crippen LogP contribution in [0.3, 0.4) is 0 Å². The third kappa shape index (κ3) is 4.87. The maximum absolute atomic E-state index is 11.7. The largest absolute Gasteiger partial charge is 0.388 e. The molecule has 1 rings (SSSR count). The van der Waals surface area contributed by atoms with E-state index >= 15 is 0 Å². The van der Waals surface area contributed by atoms with E-state index in [0.29, 0.717) is 18.4 Å². The van der Waals surface area contributed by atoms with Gasteiger partial charge in [-0.05, 0) is 36.6 Å². The molecule has 20 heavy (non-hydrogen) atoms. The molecule has 0 radical (unpaired) electrons. The first-order valence-corrected chi connectivity index (χ1v) is 6.71. The van der Waals surface area contributed by atoms with Crippen molar-refractivity contribution < 1.29 is 9.90 Å². The number of hydrogen-bond acceptors (Lipinski definition) is 3. The van der Waals surface area contributed by atoms with Crippen LogP contribution < -0.4 is 5.32 Å². The normalized spacial score (nSPS) is 11.3. The van der Waals surface area contributed by atoms with Gasteiger partial charge in [-0.2, -0.15) is 5.26 Å². The van der Waals surface area contributed by atoms with Crippen molar-refractivity contribution in [2.75, 3.05) is 6.54 Å². The van der Waals surface area contributed by atoms with Gasteiger partial charge in [0, 0.05) is 12.6 Å². The Balaban J connectivity index is 2.53. The number of nitriles is 1. The standard InChI is InChI=1S/C16H20N2O2/c1-3-16(20,4-2)12-18-15(19)10-9-13-5-7-14(11-17)8-6-13/h5-10,20H,3-4,12H2,1-2H3,(H,18,19). The monoisotopic (exact) mass is 272 g/mol. The zero-order valence-corrected chi connectivity index (χ0v) is 11.9. The van der Waals surface area contributed by atoms with Gasteiger partial charge in [-0.15, -0.1) is 0 Å². The number of nitrogens with one attached hydrogen (secondary N) is 1. The molecule has 0 aromatic heterocycles. The summed E-state index contributed by atoms with van der Waals surface area (Å²) in [6, 6.07) is 8.98. The molecule has 1 amide bonds. The summed E-state index contributed by atoms with van der Waals surface area (Å²) in [6.07, 6.45) is 4.30. The summed E-state index contributed by atoms with van der Waals surface area (Å²) in [5, 5.41) is 21.4. The van der Waals surface area contributed by atoms with E-state index in [9.17, 15) is 9.90 Å². The molecule has 1 aromatic rings. The van der Waals surface area contributed by atoms with Gasteiger partial charge in [0.2, 0.25) is 5.91 Å². The van der Waals surface area contributed by atoms with Crippen LogP contribution in [-0.2, 0) is 4.79 Å². The molecule has 0 heterocycles. The van der Waals surface area contributed by atoms with Crippen LogP contribution >= 0.6 is 0 Å². The number of aliphatic hydroxyl groups is 1. The third-order valence-corrected chi connectivity index (χ3v) is 3.37. The average Bonchev–Trinajstić information content (AvgIpc) is 2.51. The first-order chi connectivity index (χ1) is 9.53. The number of nitrogens with zero attached hydrogens (tertiary/aromatic N) is 1. The topological polar surface area (TPSA) is 73.1 Å². The molecule has 0 aliphatic heterocycles. The summed E-state index contributed by atoms with van der Waals surface area (Å²) in [5.74, 6) is -0.241. The highest BCUT2D eigenvalue weighted by molar-refractivity contribution is 5.91. The molecule has 0 aliphatic carbocycles. The van der Waals surface area contributed by atoms with E-state index in [4.69, 9.17) is 5.26 Å². The molecule has 0 spiro atoms. The molecule has 106 valence electrons. The van der Waals surface area contributed by atoms with Crippen LogP contribution in [0.2, 0.25) is 0 Å². The summed E-state index contributed by atoms with van der Waals surface area (Å²) in [5.41, 5.74) is 0.598. The molecule has 0 fully saturated rings. The minimum Gasteiger partial charge on any atom is -0.388 e. The second-order valence-electron chi connectivity index (χ2n) is 4.72. The van der Waals surface area contributed by atoms with Crippen molar-refractivity contribution in [1.82, 2.24) is 5.32 Å². The molecular formula is C16H20N2O2. The fourth-order valence-electron chi connectivity index (χ4n) is 1.65. The third-order valence-electron chi connectivity index (χ3n) is 3.37. The summed E-state index contributed by atoms with van der Waals surface area (Å²) >= 11 is 0. The smallest absolute Gasteiger partial charge is 0.244 e. The van der Waals surface area contributed by atoms with Gasteiger partial charge in [-0.25, -0.2) is 0 Å². The maximum atomic E-state index is 11.7. The second kappa shape index (κ2) is 7.46. The Bertz CT molecular complexity index is 508. The van der Waals surface area contributed by atoms with Crippen molar-refractivity contribution in [2.24, 2.45) is 0 Å². The van der Waals surface area contributed by atoms with Crippen molar-refractivity contribution in [3.05, 3.63) is 41.5 Å². The fourth-order valence-corrected chi connectivity index (χ4v) is 1.65. The molecule has 4 heteroatoms. The highest BCUT2D eigenvalue weighted by atomic mass is 16.3. The molecule has 1 aromatic carbocycles. The van der Waals surface area contributed by atoms with Crippen molar-refractivity contribution in [2.45, 2.75) is 32.3 Å². The highest BCUT2D eigenvalue weighted by Crippen LogP contribution is 2.12. The van der Waals surface area contributed by atoms with Crippen LogP contribution in [0.4, 0.5) is 0 Å². The second-order valence-corrected chi connectivity index (χ2v) is 4.72. The molecule has 0 atom stereocenters. The van der Waals surface area contributed by atoms with Crippen LogP contribution in [0, 0.1) is 11.3 Å².